The van der Waals surface area contributed by atoms with Gasteiger partial charge in [-0.3, -0.25) is 9.69 Å². The van der Waals surface area contributed by atoms with Crippen molar-refractivity contribution in [2.45, 2.75) is 39.2 Å². The minimum Gasteiger partial charge on any atom is -0.490 e. The fourth-order valence-electron chi connectivity index (χ4n) is 2.75. The summed E-state index contributed by atoms with van der Waals surface area (Å²) in [6.45, 7) is 7.50. The number of nitrogens with zero attached hydrogens (tertiary/aromatic N) is 1. The first kappa shape index (κ1) is 15.8. The number of carbonyl (C=O) groups is 1. The molecule has 21 heavy (non-hydrogen) atoms. The lowest BCUT2D eigenvalue weighted by atomic mass is 10.0. The Morgan fingerprint density at radius 1 is 1.29 bits per heavy atom. The summed E-state index contributed by atoms with van der Waals surface area (Å²) in [5, 5.41) is 0. The van der Waals surface area contributed by atoms with Crippen molar-refractivity contribution in [1.82, 2.24) is 4.90 Å². The third-order valence-electron chi connectivity index (χ3n) is 3.98. The second kappa shape index (κ2) is 8.03. The predicted octanol–water partition coefficient (Wildman–Crippen LogP) is 3.15. The Balaban J connectivity index is 1.91. The summed E-state index contributed by atoms with van der Waals surface area (Å²) in [4.78, 5) is 13.3. The maximum absolute atomic E-state index is 10.8. The van der Waals surface area contributed by atoms with E-state index in [-0.39, 0.29) is 0 Å². The van der Waals surface area contributed by atoms with Crippen LogP contribution in [0.2, 0.25) is 0 Å². The van der Waals surface area contributed by atoms with Crippen molar-refractivity contribution >= 4 is 6.29 Å². The van der Waals surface area contributed by atoms with Gasteiger partial charge in [-0.15, -0.1) is 0 Å². The van der Waals surface area contributed by atoms with Crippen LogP contribution in [0.1, 0.15) is 43.5 Å². The molecule has 0 spiro atoms. The van der Waals surface area contributed by atoms with E-state index in [1.165, 1.54) is 19.3 Å². The van der Waals surface area contributed by atoms with Crippen LogP contribution in [0.15, 0.2) is 18.2 Å². The fourth-order valence-corrected chi connectivity index (χ4v) is 2.75. The van der Waals surface area contributed by atoms with E-state index >= 15 is 0 Å². The number of likely N-dealkylation sites (tertiary alicyclic amines) is 1. The molecule has 1 atom stereocenters. The van der Waals surface area contributed by atoms with Gasteiger partial charge in [0.2, 0.25) is 0 Å². The van der Waals surface area contributed by atoms with Gasteiger partial charge < -0.3 is 9.47 Å². The zero-order valence-corrected chi connectivity index (χ0v) is 13.0. The van der Waals surface area contributed by atoms with E-state index in [4.69, 9.17) is 9.47 Å². The molecule has 1 fully saturated rings. The molecule has 0 saturated carbocycles. The van der Waals surface area contributed by atoms with E-state index in [0.29, 0.717) is 36.3 Å². The molecule has 1 aromatic carbocycles. The Kier molecular flexibility index (Phi) is 6.05. The smallest absolute Gasteiger partial charge is 0.161 e. The van der Waals surface area contributed by atoms with Gasteiger partial charge in [-0.2, -0.15) is 0 Å². The van der Waals surface area contributed by atoms with Crippen LogP contribution >= 0.6 is 0 Å². The number of carbonyl (C=O) groups excluding carboxylic acids is 1. The van der Waals surface area contributed by atoms with Crippen LogP contribution in [0.5, 0.6) is 11.5 Å². The first-order chi connectivity index (χ1) is 10.2. The molecule has 0 amide bonds. The first-order valence-corrected chi connectivity index (χ1v) is 7.83. The molecule has 0 aliphatic carbocycles. The lowest BCUT2D eigenvalue weighted by Crippen LogP contribution is -2.39. The average Bonchev–Trinajstić information content (AvgIpc) is 2.51. The molecule has 4 nitrogen and oxygen atoms in total. The molecule has 0 N–H and O–H groups in total. The standard InChI is InChI=1S/C17H25NO3/c1-3-20-17-12-15(13-19)7-8-16(17)21-11-10-18-9-5-4-6-14(18)2/h7-8,12-14H,3-6,9-11H2,1-2H3/t14-/m0/s1. The third-order valence-corrected chi connectivity index (χ3v) is 3.98. The molecular weight excluding hydrogens is 266 g/mol. The minimum atomic E-state index is 0.557. The van der Waals surface area contributed by atoms with E-state index < -0.39 is 0 Å². The van der Waals surface area contributed by atoms with Crippen molar-refractivity contribution < 1.29 is 14.3 Å². The van der Waals surface area contributed by atoms with Gasteiger partial charge in [-0.25, -0.2) is 0 Å². The van der Waals surface area contributed by atoms with Crippen LogP contribution in [-0.2, 0) is 0 Å². The average molecular weight is 291 g/mol. The third kappa shape index (κ3) is 4.46. The Labute approximate surface area is 127 Å². The van der Waals surface area contributed by atoms with Gasteiger partial charge in [0.1, 0.15) is 12.9 Å². The number of rotatable bonds is 7. The maximum atomic E-state index is 10.8. The van der Waals surface area contributed by atoms with Crippen molar-refractivity contribution in [3.05, 3.63) is 23.8 Å². The highest BCUT2D eigenvalue weighted by molar-refractivity contribution is 5.76. The number of ether oxygens (including phenoxy) is 2. The SMILES string of the molecule is CCOc1cc(C=O)ccc1OCCN1CCCC[C@@H]1C. The highest BCUT2D eigenvalue weighted by atomic mass is 16.5. The Morgan fingerprint density at radius 3 is 2.86 bits per heavy atom. The summed E-state index contributed by atoms with van der Waals surface area (Å²) in [5.74, 6) is 1.36. The minimum absolute atomic E-state index is 0.557. The van der Waals surface area contributed by atoms with E-state index in [0.717, 1.165) is 19.4 Å². The molecule has 1 heterocycles. The van der Waals surface area contributed by atoms with Crippen LogP contribution in [0.3, 0.4) is 0 Å². The molecule has 1 saturated heterocycles. The van der Waals surface area contributed by atoms with E-state index in [9.17, 15) is 4.79 Å². The van der Waals surface area contributed by atoms with Crippen LogP contribution in [0.4, 0.5) is 0 Å². The highest BCUT2D eigenvalue weighted by Gasteiger charge is 2.17. The van der Waals surface area contributed by atoms with Crippen molar-refractivity contribution in [3.63, 3.8) is 0 Å². The molecule has 0 aromatic heterocycles. The van der Waals surface area contributed by atoms with E-state index in [1.807, 2.05) is 13.0 Å². The van der Waals surface area contributed by atoms with Gasteiger partial charge in [0, 0.05) is 18.2 Å². The zero-order valence-electron chi connectivity index (χ0n) is 13.0. The molecule has 0 unspecified atom stereocenters. The second-order valence-electron chi connectivity index (χ2n) is 5.49. The van der Waals surface area contributed by atoms with Crippen molar-refractivity contribution in [2.24, 2.45) is 0 Å². The second-order valence-corrected chi connectivity index (χ2v) is 5.49. The van der Waals surface area contributed by atoms with Crippen LogP contribution in [-0.4, -0.2) is 43.5 Å². The molecule has 1 aromatic rings. The Hall–Kier alpha value is -1.55. The number of hydrogen-bond acceptors (Lipinski definition) is 4. The largest absolute Gasteiger partial charge is 0.490 e. The number of benzene rings is 1. The number of piperidine rings is 1. The molecule has 4 heteroatoms. The topological polar surface area (TPSA) is 38.8 Å². The van der Waals surface area contributed by atoms with Gasteiger partial charge >= 0.3 is 0 Å². The fraction of sp³-hybridized carbons (Fsp3) is 0.588. The summed E-state index contributed by atoms with van der Waals surface area (Å²) in [6.07, 6.45) is 4.71. The lowest BCUT2D eigenvalue weighted by Gasteiger charge is -2.33. The summed E-state index contributed by atoms with van der Waals surface area (Å²) >= 11 is 0. The molecule has 0 bridgehead atoms. The van der Waals surface area contributed by atoms with Crippen LogP contribution in [0.25, 0.3) is 0 Å². The summed E-state index contributed by atoms with van der Waals surface area (Å²) in [7, 11) is 0. The maximum Gasteiger partial charge on any atom is 0.161 e. The van der Waals surface area contributed by atoms with Gasteiger partial charge in [-0.1, -0.05) is 6.42 Å². The van der Waals surface area contributed by atoms with Crippen LogP contribution < -0.4 is 9.47 Å². The van der Waals surface area contributed by atoms with Gasteiger partial charge in [0.25, 0.3) is 0 Å². The monoisotopic (exact) mass is 291 g/mol. The quantitative estimate of drug-likeness (QED) is 0.723. The van der Waals surface area contributed by atoms with Crippen molar-refractivity contribution in [1.29, 1.82) is 0 Å². The van der Waals surface area contributed by atoms with Crippen molar-refractivity contribution in [3.8, 4) is 11.5 Å². The molecule has 1 aliphatic heterocycles. The van der Waals surface area contributed by atoms with Crippen LogP contribution in [0, 0.1) is 0 Å². The normalized spacial score (nSPS) is 19.2. The predicted molar refractivity (Wildman–Crippen MR) is 83.4 cm³/mol. The summed E-state index contributed by atoms with van der Waals surface area (Å²) in [6, 6.07) is 5.95. The molecule has 1 aliphatic rings. The molecule has 116 valence electrons. The van der Waals surface area contributed by atoms with E-state index in [2.05, 4.69) is 11.8 Å². The molecular formula is C17H25NO3. The number of aldehydes is 1. The van der Waals surface area contributed by atoms with E-state index in [1.54, 1.807) is 12.1 Å². The first-order valence-electron chi connectivity index (χ1n) is 7.83. The lowest BCUT2D eigenvalue weighted by molar-refractivity contribution is 0.112. The van der Waals surface area contributed by atoms with Gasteiger partial charge in [0.05, 0.1) is 6.61 Å². The Bertz CT molecular complexity index is 461. The summed E-state index contributed by atoms with van der Waals surface area (Å²) in [5.41, 5.74) is 0.607. The highest BCUT2D eigenvalue weighted by Crippen LogP contribution is 2.28. The number of hydrogen-bond donors (Lipinski definition) is 0. The van der Waals surface area contributed by atoms with Gasteiger partial charge in [0.15, 0.2) is 11.5 Å². The molecule has 2 rings (SSSR count). The van der Waals surface area contributed by atoms with Crippen molar-refractivity contribution in [2.75, 3.05) is 26.3 Å². The Morgan fingerprint density at radius 2 is 2.14 bits per heavy atom. The molecule has 0 radical (unpaired) electrons. The van der Waals surface area contributed by atoms with Gasteiger partial charge in [-0.05, 0) is 51.4 Å². The zero-order chi connectivity index (χ0) is 15.1. The summed E-state index contributed by atoms with van der Waals surface area (Å²) < 4.78 is 11.4.